The van der Waals surface area contributed by atoms with Crippen molar-refractivity contribution in [2.24, 2.45) is 5.92 Å². The van der Waals surface area contributed by atoms with E-state index in [1.807, 2.05) is 13.8 Å². The van der Waals surface area contributed by atoms with E-state index in [4.69, 9.17) is 14.2 Å². The van der Waals surface area contributed by atoms with E-state index < -0.39 is 50.0 Å². The van der Waals surface area contributed by atoms with Gasteiger partial charge in [0.2, 0.25) is 13.7 Å². The van der Waals surface area contributed by atoms with Crippen LogP contribution in [0.15, 0.2) is 24.3 Å². The van der Waals surface area contributed by atoms with Crippen LogP contribution in [0.5, 0.6) is 11.5 Å². The number of halogens is 2. The van der Waals surface area contributed by atoms with Gasteiger partial charge in [0.15, 0.2) is 0 Å². The van der Waals surface area contributed by atoms with E-state index in [9.17, 15) is 28.5 Å². The van der Waals surface area contributed by atoms with Crippen molar-refractivity contribution in [3.8, 4) is 11.5 Å². The highest BCUT2D eigenvalue weighted by molar-refractivity contribution is 7.58. The van der Waals surface area contributed by atoms with Gasteiger partial charge >= 0.3 is 0 Å². The zero-order chi connectivity index (χ0) is 22.1. The van der Waals surface area contributed by atoms with Gasteiger partial charge in [-0.2, -0.15) is 0 Å². The Kier molecular flexibility index (Phi) is 7.09. The second-order valence-corrected chi connectivity index (χ2v) is 10.9. The smallest absolute Gasteiger partial charge is 0.252 e. The van der Waals surface area contributed by atoms with Crippen LogP contribution in [0.1, 0.15) is 33.1 Å². The fourth-order valence-corrected chi connectivity index (χ4v) is 5.41. The summed E-state index contributed by atoms with van der Waals surface area (Å²) in [7, 11) is -3.73. The molecular weight excluding hydrogens is 421 g/mol. The summed E-state index contributed by atoms with van der Waals surface area (Å²) >= 11 is 0. The van der Waals surface area contributed by atoms with Gasteiger partial charge in [0.1, 0.15) is 17.6 Å². The fourth-order valence-electron chi connectivity index (χ4n) is 3.45. The van der Waals surface area contributed by atoms with Crippen molar-refractivity contribution in [3.05, 3.63) is 24.3 Å². The Morgan fingerprint density at radius 3 is 2.40 bits per heavy atom. The zero-order valence-corrected chi connectivity index (χ0v) is 17.9. The first-order valence-electron chi connectivity index (χ1n) is 10.1. The molecule has 0 spiro atoms. The highest BCUT2D eigenvalue weighted by Crippen LogP contribution is 2.57. The van der Waals surface area contributed by atoms with E-state index in [0.717, 1.165) is 0 Å². The third-order valence-corrected chi connectivity index (χ3v) is 7.18. The van der Waals surface area contributed by atoms with Crippen molar-refractivity contribution in [3.63, 3.8) is 0 Å². The average Bonchev–Trinajstić information content (AvgIpc) is 3.23. The molecule has 1 saturated heterocycles. The summed E-state index contributed by atoms with van der Waals surface area (Å²) in [6.07, 6.45) is -5.02. The highest BCUT2D eigenvalue weighted by atomic mass is 31.2. The SMILES string of the molecule is CC(C)Oc1ccc(OC2OC(CCP(=O)(O)CC3CC3(F)F)CC(O)C2O)cc1. The summed E-state index contributed by atoms with van der Waals surface area (Å²) in [5, 5.41) is 20.3. The quantitative estimate of drug-likeness (QED) is 0.497. The molecule has 1 aromatic carbocycles. The molecule has 0 amide bonds. The van der Waals surface area contributed by atoms with Crippen molar-refractivity contribution >= 4 is 7.37 Å². The molecule has 1 saturated carbocycles. The molecule has 7 nitrogen and oxygen atoms in total. The standard InChI is InChI=1S/C20H29F2O7P/c1-12(2)27-14-3-5-15(6-4-14)28-19-18(24)17(23)9-16(29-19)7-8-30(25,26)11-13-10-20(13,21)22/h3-6,12-13,16-19,23-24H,7-11H2,1-2H3,(H,25,26). The molecule has 1 aliphatic carbocycles. The van der Waals surface area contributed by atoms with E-state index in [1.165, 1.54) is 0 Å². The van der Waals surface area contributed by atoms with Gasteiger partial charge in [-0.25, -0.2) is 8.78 Å². The van der Waals surface area contributed by atoms with Gasteiger partial charge in [0.05, 0.1) is 18.3 Å². The number of hydrogen-bond donors (Lipinski definition) is 3. The van der Waals surface area contributed by atoms with Crippen LogP contribution >= 0.6 is 7.37 Å². The van der Waals surface area contributed by atoms with Crippen LogP contribution in [0.25, 0.3) is 0 Å². The number of rotatable bonds is 9. The molecule has 0 radical (unpaired) electrons. The van der Waals surface area contributed by atoms with E-state index in [2.05, 4.69) is 0 Å². The summed E-state index contributed by atoms with van der Waals surface area (Å²) in [5.41, 5.74) is 0. The first-order chi connectivity index (χ1) is 13.9. The van der Waals surface area contributed by atoms with Gasteiger partial charge in [-0.15, -0.1) is 0 Å². The number of alkyl halides is 2. The molecule has 10 heteroatoms. The molecule has 6 unspecified atom stereocenters. The number of aliphatic hydroxyl groups is 2. The Morgan fingerprint density at radius 1 is 1.23 bits per heavy atom. The molecule has 3 rings (SSSR count). The lowest BCUT2D eigenvalue weighted by Gasteiger charge is -2.37. The van der Waals surface area contributed by atoms with Crippen LogP contribution in [0.2, 0.25) is 0 Å². The van der Waals surface area contributed by atoms with Gasteiger partial charge in [0.25, 0.3) is 5.92 Å². The van der Waals surface area contributed by atoms with E-state index >= 15 is 0 Å². The number of hydrogen-bond acceptors (Lipinski definition) is 6. The topological polar surface area (TPSA) is 105 Å². The van der Waals surface area contributed by atoms with E-state index in [1.54, 1.807) is 24.3 Å². The maximum atomic E-state index is 13.0. The lowest BCUT2D eigenvalue weighted by molar-refractivity contribution is -0.235. The summed E-state index contributed by atoms with van der Waals surface area (Å²) < 4.78 is 55.1. The first-order valence-corrected chi connectivity index (χ1v) is 12.1. The Labute approximate surface area is 174 Å². The van der Waals surface area contributed by atoms with Gasteiger partial charge in [-0.1, -0.05) is 0 Å². The van der Waals surface area contributed by atoms with Crippen LogP contribution in [-0.4, -0.2) is 64.1 Å². The number of aliphatic hydroxyl groups excluding tert-OH is 2. The van der Waals surface area contributed by atoms with Crippen molar-refractivity contribution in [2.75, 3.05) is 12.3 Å². The van der Waals surface area contributed by atoms with Crippen LogP contribution in [-0.2, 0) is 9.30 Å². The van der Waals surface area contributed by atoms with Gasteiger partial charge < -0.3 is 29.3 Å². The molecule has 3 N–H and O–H groups in total. The predicted octanol–water partition coefficient (Wildman–Crippen LogP) is 3.01. The Balaban J connectivity index is 1.54. The monoisotopic (exact) mass is 450 g/mol. The first kappa shape index (κ1) is 23.4. The maximum Gasteiger partial charge on any atom is 0.252 e. The lowest BCUT2D eigenvalue weighted by atomic mass is 10.0. The molecule has 0 bridgehead atoms. The van der Waals surface area contributed by atoms with Crippen LogP contribution in [0.4, 0.5) is 8.78 Å². The summed E-state index contributed by atoms with van der Waals surface area (Å²) in [4.78, 5) is 10.0. The third kappa shape index (κ3) is 6.37. The van der Waals surface area contributed by atoms with Crippen molar-refractivity contribution in [2.45, 2.75) is 69.7 Å². The van der Waals surface area contributed by atoms with Crippen molar-refractivity contribution in [1.82, 2.24) is 0 Å². The molecule has 6 atom stereocenters. The molecule has 2 fully saturated rings. The molecule has 1 aromatic rings. The van der Waals surface area contributed by atoms with Crippen molar-refractivity contribution in [1.29, 1.82) is 0 Å². The molecule has 170 valence electrons. The minimum absolute atomic E-state index is 0.0183. The summed E-state index contributed by atoms with van der Waals surface area (Å²) in [6.45, 7) is 3.80. The molecule has 30 heavy (non-hydrogen) atoms. The number of benzene rings is 1. The number of ether oxygens (including phenoxy) is 3. The maximum absolute atomic E-state index is 13.0. The van der Waals surface area contributed by atoms with E-state index in [0.29, 0.717) is 11.5 Å². The van der Waals surface area contributed by atoms with Crippen LogP contribution in [0, 0.1) is 5.92 Å². The van der Waals surface area contributed by atoms with Crippen LogP contribution < -0.4 is 9.47 Å². The zero-order valence-electron chi connectivity index (χ0n) is 17.0. The van der Waals surface area contributed by atoms with Crippen LogP contribution in [0.3, 0.4) is 0 Å². The van der Waals surface area contributed by atoms with Crippen molar-refractivity contribution < 1.29 is 42.7 Å². The minimum atomic E-state index is -3.73. The lowest BCUT2D eigenvalue weighted by Crippen LogP contribution is -2.51. The van der Waals surface area contributed by atoms with Gasteiger partial charge in [-0.05, 0) is 44.5 Å². The highest BCUT2D eigenvalue weighted by Gasteiger charge is 2.58. The average molecular weight is 450 g/mol. The molecule has 2 aliphatic rings. The minimum Gasteiger partial charge on any atom is -0.491 e. The summed E-state index contributed by atoms with van der Waals surface area (Å²) in [5.74, 6) is -2.83. The van der Waals surface area contributed by atoms with Gasteiger partial charge in [0, 0.05) is 31.1 Å². The fraction of sp³-hybridized carbons (Fsp3) is 0.700. The van der Waals surface area contributed by atoms with Gasteiger partial charge in [-0.3, -0.25) is 4.57 Å². The predicted molar refractivity (Wildman–Crippen MR) is 105 cm³/mol. The largest absolute Gasteiger partial charge is 0.491 e. The normalized spacial score (nSPS) is 32.5. The third-order valence-electron chi connectivity index (χ3n) is 5.21. The Bertz CT molecular complexity index is 758. The molecule has 1 heterocycles. The van der Waals surface area contributed by atoms with E-state index in [-0.39, 0.29) is 31.5 Å². The molecular formula is C20H29F2O7P. The molecule has 0 aromatic heterocycles. The Hall–Kier alpha value is -1.25. The second-order valence-electron chi connectivity index (χ2n) is 8.38. The Morgan fingerprint density at radius 2 is 1.83 bits per heavy atom. The second kappa shape index (κ2) is 9.09. The summed E-state index contributed by atoms with van der Waals surface area (Å²) in [6, 6.07) is 6.69. The molecule has 1 aliphatic heterocycles.